The van der Waals surface area contributed by atoms with Crippen molar-refractivity contribution in [3.63, 3.8) is 0 Å². The molecule has 0 spiro atoms. The Morgan fingerprint density at radius 3 is 2.40 bits per heavy atom. The first-order chi connectivity index (χ1) is 11.5. The molecule has 136 valence electrons. The van der Waals surface area contributed by atoms with Gasteiger partial charge in [-0.3, -0.25) is 4.79 Å². The lowest BCUT2D eigenvalue weighted by molar-refractivity contribution is -0.117. The van der Waals surface area contributed by atoms with E-state index in [9.17, 15) is 9.90 Å². The number of carbonyl (C=O) groups is 1. The minimum absolute atomic E-state index is 0.0327. The van der Waals surface area contributed by atoms with Crippen molar-refractivity contribution in [3.05, 3.63) is 29.5 Å². The summed E-state index contributed by atoms with van der Waals surface area (Å²) in [4.78, 5) is 15.7. The zero-order valence-electron chi connectivity index (χ0n) is 15.6. The lowest BCUT2D eigenvalue weighted by atomic mass is 9.86. The van der Waals surface area contributed by atoms with E-state index in [2.05, 4.69) is 39.6 Å². The van der Waals surface area contributed by atoms with Crippen LogP contribution in [0.5, 0.6) is 5.88 Å². The molecule has 0 aliphatic rings. The number of hydrogen-bond acceptors (Lipinski definition) is 2. The van der Waals surface area contributed by atoms with Crippen LogP contribution in [0, 0.1) is 5.92 Å². The number of rotatable bonds is 4. The number of aliphatic imine (C=N–C) groups is 1. The van der Waals surface area contributed by atoms with Crippen LogP contribution >= 0.6 is 0 Å². The lowest BCUT2D eigenvalue weighted by Crippen LogP contribution is -2.25. The summed E-state index contributed by atoms with van der Waals surface area (Å²) in [5.41, 5.74) is 12.4. The Kier molecular flexibility index (Phi) is 5.11. The van der Waals surface area contributed by atoms with Crippen LogP contribution < -0.4 is 11.5 Å². The Bertz CT molecular complexity index is 822. The summed E-state index contributed by atoms with van der Waals surface area (Å²) in [6.45, 7) is 11.1. The van der Waals surface area contributed by atoms with Gasteiger partial charge in [0.2, 0.25) is 0 Å². The van der Waals surface area contributed by atoms with Crippen LogP contribution in [-0.2, 0) is 23.2 Å². The highest BCUT2D eigenvalue weighted by Gasteiger charge is 2.22. The maximum Gasteiger partial charge on any atom is 0.254 e. The van der Waals surface area contributed by atoms with Crippen molar-refractivity contribution in [3.8, 4) is 5.88 Å². The van der Waals surface area contributed by atoms with Crippen LogP contribution in [0.1, 0.15) is 45.9 Å². The van der Waals surface area contributed by atoms with Gasteiger partial charge in [-0.25, -0.2) is 0 Å². The van der Waals surface area contributed by atoms with Gasteiger partial charge in [-0.15, -0.1) is 0 Å². The summed E-state index contributed by atoms with van der Waals surface area (Å²) in [6, 6.07) is 6.00. The lowest BCUT2D eigenvalue weighted by Gasteiger charge is -2.18. The van der Waals surface area contributed by atoms with Crippen molar-refractivity contribution in [1.82, 2.24) is 4.57 Å². The SMILES string of the molecule is CC(C)Cn1c(O)c2cc(C(C)(C)C)ccc2c1CC(=O)N=C(N)N. The van der Waals surface area contributed by atoms with Crippen LogP contribution in [0.4, 0.5) is 0 Å². The maximum absolute atomic E-state index is 12.1. The smallest absolute Gasteiger partial charge is 0.254 e. The first-order valence-corrected chi connectivity index (χ1v) is 8.47. The van der Waals surface area contributed by atoms with Crippen LogP contribution in [-0.4, -0.2) is 21.5 Å². The monoisotopic (exact) mass is 344 g/mol. The first kappa shape index (κ1) is 18.8. The standard InChI is InChI=1S/C19H28N4O2/c1-11(2)10-23-15(9-16(24)22-18(20)21)13-7-6-12(19(3,4)5)8-14(13)17(23)25/h6-8,11,25H,9-10H2,1-5H3,(H4,20,21,22,24). The molecule has 2 aromatic rings. The third-order valence-electron chi connectivity index (χ3n) is 4.14. The van der Waals surface area contributed by atoms with Gasteiger partial charge in [-0.2, -0.15) is 4.99 Å². The number of carbonyl (C=O) groups excluding carboxylic acids is 1. The molecule has 0 saturated heterocycles. The summed E-state index contributed by atoms with van der Waals surface area (Å²) < 4.78 is 1.79. The fourth-order valence-electron chi connectivity index (χ4n) is 2.95. The number of guanidine groups is 1. The molecule has 1 aromatic heterocycles. The Morgan fingerprint density at radius 2 is 1.88 bits per heavy atom. The van der Waals surface area contributed by atoms with Crippen molar-refractivity contribution in [1.29, 1.82) is 0 Å². The van der Waals surface area contributed by atoms with Gasteiger partial charge in [0.05, 0.1) is 6.42 Å². The van der Waals surface area contributed by atoms with Crippen molar-refractivity contribution < 1.29 is 9.90 Å². The Morgan fingerprint density at radius 1 is 1.24 bits per heavy atom. The molecule has 0 atom stereocenters. The van der Waals surface area contributed by atoms with Gasteiger partial charge >= 0.3 is 0 Å². The molecule has 6 heteroatoms. The molecule has 0 aliphatic heterocycles. The summed E-state index contributed by atoms with van der Waals surface area (Å²) >= 11 is 0. The van der Waals surface area contributed by atoms with E-state index in [1.165, 1.54) is 0 Å². The molecule has 1 heterocycles. The average molecular weight is 344 g/mol. The van der Waals surface area contributed by atoms with Crippen molar-refractivity contribution in [2.45, 2.75) is 53.0 Å². The van der Waals surface area contributed by atoms with E-state index in [1.807, 2.05) is 18.2 Å². The Labute approximate surface area is 148 Å². The summed E-state index contributed by atoms with van der Waals surface area (Å²) in [6.07, 6.45) is 0.0382. The predicted octanol–water partition coefficient (Wildman–Crippen LogP) is 2.64. The quantitative estimate of drug-likeness (QED) is 0.585. The van der Waals surface area contributed by atoms with Gasteiger partial charge in [0.1, 0.15) is 0 Å². The summed E-state index contributed by atoms with van der Waals surface area (Å²) in [5.74, 6) is -0.186. The minimum atomic E-state index is -0.427. The predicted molar refractivity (Wildman–Crippen MR) is 102 cm³/mol. The molecule has 6 nitrogen and oxygen atoms in total. The van der Waals surface area contributed by atoms with E-state index >= 15 is 0 Å². The van der Waals surface area contributed by atoms with E-state index in [4.69, 9.17) is 11.5 Å². The molecule has 0 unspecified atom stereocenters. The van der Waals surface area contributed by atoms with E-state index in [1.54, 1.807) is 4.57 Å². The number of nitrogens with zero attached hydrogens (tertiary/aromatic N) is 2. The molecule has 1 aromatic carbocycles. The average Bonchev–Trinajstić information content (AvgIpc) is 2.70. The first-order valence-electron chi connectivity index (χ1n) is 8.47. The molecule has 2 rings (SSSR count). The number of aromatic hydroxyl groups is 1. The Balaban J connectivity index is 2.64. The highest BCUT2D eigenvalue weighted by molar-refractivity contribution is 5.97. The molecule has 0 radical (unpaired) electrons. The van der Waals surface area contributed by atoms with E-state index < -0.39 is 5.91 Å². The molecule has 25 heavy (non-hydrogen) atoms. The third kappa shape index (κ3) is 4.13. The number of nitrogens with two attached hydrogens (primary N) is 2. The molecular formula is C19H28N4O2. The van der Waals surface area contributed by atoms with Gasteiger partial charge in [0, 0.05) is 23.0 Å². The highest BCUT2D eigenvalue weighted by Crippen LogP contribution is 2.36. The second-order valence-electron chi connectivity index (χ2n) is 7.89. The second-order valence-corrected chi connectivity index (χ2v) is 7.89. The normalized spacial score (nSPS) is 11.9. The minimum Gasteiger partial charge on any atom is -0.494 e. The number of benzene rings is 1. The molecule has 0 saturated carbocycles. The van der Waals surface area contributed by atoms with Gasteiger partial charge < -0.3 is 21.1 Å². The number of fused-ring (bicyclic) bond motifs is 1. The van der Waals surface area contributed by atoms with Crippen LogP contribution in [0.2, 0.25) is 0 Å². The fraction of sp³-hybridized carbons (Fsp3) is 0.474. The van der Waals surface area contributed by atoms with Gasteiger partial charge in [-0.05, 0) is 23.0 Å². The zero-order chi connectivity index (χ0) is 18.9. The molecular weight excluding hydrogens is 316 g/mol. The molecule has 5 N–H and O–H groups in total. The van der Waals surface area contributed by atoms with Crippen LogP contribution in [0.25, 0.3) is 10.8 Å². The summed E-state index contributed by atoms with van der Waals surface area (Å²) in [5, 5.41) is 12.4. The molecule has 0 fully saturated rings. The van der Waals surface area contributed by atoms with Gasteiger partial charge in [0.25, 0.3) is 5.91 Å². The number of hydrogen-bond donors (Lipinski definition) is 3. The highest BCUT2D eigenvalue weighted by atomic mass is 16.3. The van der Waals surface area contributed by atoms with Gasteiger partial charge in [-0.1, -0.05) is 46.8 Å². The number of aromatic nitrogens is 1. The molecule has 0 aliphatic carbocycles. The Hall–Kier alpha value is -2.50. The topological polar surface area (TPSA) is 107 Å². The van der Waals surface area contributed by atoms with Crippen LogP contribution in [0.15, 0.2) is 23.2 Å². The van der Waals surface area contributed by atoms with E-state index in [0.29, 0.717) is 12.5 Å². The summed E-state index contributed by atoms with van der Waals surface area (Å²) in [7, 11) is 0. The second kappa shape index (κ2) is 6.78. The largest absolute Gasteiger partial charge is 0.494 e. The molecule has 1 amide bonds. The zero-order valence-corrected chi connectivity index (χ0v) is 15.6. The van der Waals surface area contributed by atoms with Gasteiger partial charge in [0.15, 0.2) is 11.8 Å². The fourth-order valence-corrected chi connectivity index (χ4v) is 2.95. The third-order valence-corrected chi connectivity index (χ3v) is 4.14. The van der Waals surface area contributed by atoms with Crippen LogP contribution in [0.3, 0.4) is 0 Å². The maximum atomic E-state index is 12.1. The number of amides is 1. The van der Waals surface area contributed by atoms with Crippen molar-refractivity contribution in [2.24, 2.45) is 22.4 Å². The van der Waals surface area contributed by atoms with Crippen molar-refractivity contribution >= 4 is 22.6 Å². The van der Waals surface area contributed by atoms with E-state index in [-0.39, 0.29) is 23.7 Å². The molecule has 0 bridgehead atoms. The van der Waals surface area contributed by atoms with Crippen molar-refractivity contribution in [2.75, 3.05) is 0 Å². The van der Waals surface area contributed by atoms with E-state index in [0.717, 1.165) is 22.0 Å².